The highest BCUT2D eigenvalue weighted by Crippen LogP contribution is 2.29. The predicted octanol–water partition coefficient (Wildman–Crippen LogP) is 3.95. The van der Waals surface area contributed by atoms with Crippen molar-refractivity contribution < 1.29 is 4.79 Å². The molecule has 0 unspecified atom stereocenters. The van der Waals surface area contributed by atoms with E-state index in [-0.39, 0.29) is 5.91 Å². The lowest BCUT2D eigenvalue weighted by molar-refractivity contribution is -0.116. The summed E-state index contributed by atoms with van der Waals surface area (Å²) in [7, 11) is 0. The van der Waals surface area contributed by atoms with E-state index in [9.17, 15) is 4.79 Å². The largest absolute Gasteiger partial charge is 0.302 e. The molecule has 0 aliphatic heterocycles. The minimum absolute atomic E-state index is 0.00875. The van der Waals surface area contributed by atoms with Gasteiger partial charge < -0.3 is 5.32 Å². The van der Waals surface area contributed by atoms with Gasteiger partial charge in [0, 0.05) is 28.8 Å². The van der Waals surface area contributed by atoms with Crippen LogP contribution >= 0.6 is 11.3 Å². The topological polar surface area (TPSA) is 72.2 Å². The summed E-state index contributed by atoms with van der Waals surface area (Å²) in [6.07, 6.45) is 6.90. The summed E-state index contributed by atoms with van der Waals surface area (Å²) in [6, 6.07) is 1.98. The third kappa shape index (κ3) is 3.74. The SMILES string of the molecule is Cc1cc2nc(C)c(CCC(=O)Nc3nc4c(s3)CCCCC4)c(C)n2n1. The van der Waals surface area contributed by atoms with Gasteiger partial charge in [-0.2, -0.15) is 5.10 Å². The Hall–Kier alpha value is -2.28. The number of thiazole rings is 1. The second-order valence-electron chi connectivity index (χ2n) is 7.31. The van der Waals surface area contributed by atoms with Crippen molar-refractivity contribution in [1.29, 1.82) is 0 Å². The third-order valence-electron chi connectivity index (χ3n) is 5.23. The molecule has 142 valence electrons. The van der Waals surface area contributed by atoms with Gasteiger partial charge in [-0.15, -0.1) is 11.3 Å². The van der Waals surface area contributed by atoms with Crippen LogP contribution in [-0.4, -0.2) is 25.5 Å². The first-order valence-corrected chi connectivity index (χ1v) is 10.4. The average molecular weight is 384 g/mol. The van der Waals surface area contributed by atoms with Crippen LogP contribution in [0.25, 0.3) is 5.65 Å². The van der Waals surface area contributed by atoms with Crippen LogP contribution in [0.3, 0.4) is 0 Å². The van der Waals surface area contributed by atoms with E-state index in [1.54, 1.807) is 11.3 Å². The summed E-state index contributed by atoms with van der Waals surface area (Å²) in [4.78, 5) is 23.1. The zero-order valence-corrected chi connectivity index (χ0v) is 16.9. The molecule has 0 bridgehead atoms. The first-order valence-electron chi connectivity index (χ1n) is 9.62. The molecule has 3 heterocycles. The number of nitrogens with one attached hydrogen (secondary N) is 1. The molecular formula is C20H25N5OS. The Morgan fingerprint density at radius 1 is 1.19 bits per heavy atom. The Morgan fingerprint density at radius 3 is 2.85 bits per heavy atom. The van der Waals surface area contributed by atoms with E-state index in [4.69, 9.17) is 0 Å². The quantitative estimate of drug-likeness (QED) is 0.693. The summed E-state index contributed by atoms with van der Waals surface area (Å²) in [5.41, 5.74) is 6.11. The summed E-state index contributed by atoms with van der Waals surface area (Å²) in [6.45, 7) is 6.01. The number of fused-ring (bicyclic) bond motifs is 2. The van der Waals surface area contributed by atoms with Crippen molar-refractivity contribution in [3.8, 4) is 0 Å². The molecule has 7 heteroatoms. The number of aryl methyl sites for hydroxylation is 5. The predicted molar refractivity (Wildman–Crippen MR) is 108 cm³/mol. The minimum Gasteiger partial charge on any atom is -0.302 e. The van der Waals surface area contributed by atoms with Gasteiger partial charge in [-0.25, -0.2) is 14.5 Å². The number of carbonyl (C=O) groups is 1. The Kier molecular flexibility index (Phi) is 4.95. The highest BCUT2D eigenvalue weighted by atomic mass is 32.1. The maximum absolute atomic E-state index is 12.5. The van der Waals surface area contributed by atoms with Gasteiger partial charge in [-0.3, -0.25) is 4.79 Å². The average Bonchev–Trinajstić information content (AvgIpc) is 3.10. The van der Waals surface area contributed by atoms with Gasteiger partial charge in [0.25, 0.3) is 0 Å². The van der Waals surface area contributed by atoms with E-state index in [0.717, 1.165) is 46.3 Å². The molecule has 1 N–H and O–H groups in total. The summed E-state index contributed by atoms with van der Waals surface area (Å²) < 4.78 is 1.87. The Labute approximate surface area is 163 Å². The van der Waals surface area contributed by atoms with E-state index in [2.05, 4.69) is 20.4 Å². The monoisotopic (exact) mass is 383 g/mol. The Morgan fingerprint density at radius 2 is 2.00 bits per heavy atom. The summed E-state index contributed by atoms with van der Waals surface area (Å²) >= 11 is 1.64. The van der Waals surface area contributed by atoms with Crippen LogP contribution < -0.4 is 5.32 Å². The second-order valence-corrected chi connectivity index (χ2v) is 8.40. The van der Waals surface area contributed by atoms with Gasteiger partial charge in [0.15, 0.2) is 10.8 Å². The van der Waals surface area contributed by atoms with Crippen molar-refractivity contribution in [1.82, 2.24) is 19.6 Å². The first-order chi connectivity index (χ1) is 13.0. The van der Waals surface area contributed by atoms with Crippen LogP contribution in [0.1, 0.15) is 58.9 Å². The van der Waals surface area contributed by atoms with E-state index in [1.165, 1.54) is 29.8 Å². The molecule has 0 atom stereocenters. The van der Waals surface area contributed by atoms with Crippen molar-refractivity contribution in [2.75, 3.05) is 5.32 Å². The molecule has 6 nitrogen and oxygen atoms in total. The van der Waals surface area contributed by atoms with Crippen molar-refractivity contribution in [2.45, 2.75) is 65.7 Å². The minimum atomic E-state index is 0.00875. The summed E-state index contributed by atoms with van der Waals surface area (Å²) in [5.74, 6) is 0.00875. The first kappa shape index (κ1) is 18.1. The van der Waals surface area contributed by atoms with Crippen molar-refractivity contribution in [2.24, 2.45) is 0 Å². The molecule has 4 rings (SSSR count). The number of nitrogens with zero attached hydrogens (tertiary/aromatic N) is 4. The fraction of sp³-hybridized carbons (Fsp3) is 0.500. The molecule has 0 saturated heterocycles. The molecule has 0 radical (unpaired) electrons. The lowest BCUT2D eigenvalue weighted by Crippen LogP contribution is -2.14. The van der Waals surface area contributed by atoms with Gasteiger partial charge in [0.1, 0.15) is 0 Å². The normalized spacial score (nSPS) is 14.2. The number of anilines is 1. The van der Waals surface area contributed by atoms with Crippen LogP contribution in [0.15, 0.2) is 6.07 Å². The van der Waals surface area contributed by atoms with Gasteiger partial charge in [0.05, 0.1) is 11.4 Å². The highest BCUT2D eigenvalue weighted by molar-refractivity contribution is 7.15. The Bertz CT molecular complexity index is 980. The molecule has 0 saturated carbocycles. The lowest BCUT2D eigenvalue weighted by atomic mass is 10.1. The fourth-order valence-corrected chi connectivity index (χ4v) is 4.87. The number of hydrogen-bond donors (Lipinski definition) is 1. The molecule has 1 aliphatic carbocycles. The number of aromatic nitrogens is 4. The van der Waals surface area contributed by atoms with Crippen molar-refractivity contribution in [3.05, 3.63) is 39.3 Å². The van der Waals surface area contributed by atoms with Crippen LogP contribution in [0.2, 0.25) is 0 Å². The van der Waals surface area contributed by atoms with Crippen LogP contribution in [0.5, 0.6) is 0 Å². The van der Waals surface area contributed by atoms with Crippen LogP contribution in [0, 0.1) is 20.8 Å². The zero-order chi connectivity index (χ0) is 19.0. The van der Waals surface area contributed by atoms with E-state index in [1.807, 2.05) is 31.4 Å². The molecule has 3 aromatic rings. The van der Waals surface area contributed by atoms with Crippen LogP contribution in [0.4, 0.5) is 5.13 Å². The molecule has 27 heavy (non-hydrogen) atoms. The van der Waals surface area contributed by atoms with E-state index >= 15 is 0 Å². The molecular weight excluding hydrogens is 358 g/mol. The summed E-state index contributed by atoms with van der Waals surface area (Å²) in [5, 5.41) is 8.24. The smallest absolute Gasteiger partial charge is 0.226 e. The second kappa shape index (κ2) is 7.38. The van der Waals surface area contributed by atoms with Crippen molar-refractivity contribution >= 4 is 28.0 Å². The molecule has 0 fully saturated rings. The number of carbonyl (C=O) groups excluding carboxylic acids is 1. The highest BCUT2D eigenvalue weighted by Gasteiger charge is 2.17. The molecule has 3 aromatic heterocycles. The maximum atomic E-state index is 12.5. The molecule has 0 aromatic carbocycles. The van der Waals surface area contributed by atoms with Crippen molar-refractivity contribution in [3.63, 3.8) is 0 Å². The van der Waals surface area contributed by atoms with Gasteiger partial charge in [0.2, 0.25) is 5.91 Å². The Balaban J connectivity index is 1.44. The number of amides is 1. The number of hydrogen-bond acceptors (Lipinski definition) is 5. The maximum Gasteiger partial charge on any atom is 0.226 e. The lowest BCUT2D eigenvalue weighted by Gasteiger charge is -2.10. The van der Waals surface area contributed by atoms with Gasteiger partial charge >= 0.3 is 0 Å². The van der Waals surface area contributed by atoms with Gasteiger partial charge in [-0.05, 0) is 58.4 Å². The van der Waals surface area contributed by atoms with E-state index in [0.29, 0.717) is 12.8 Å². The van der Waals surface area contributed by atoms with Crippen LogP contribution in [-0.2, 0) is 24.1 Å². The third-order valence-corrected chi connectivity index (χ3v) is 6.30. The zero-order valence-electron chi connectivity index (χ0n) is 16.1. The van der Waals surface area contributed by atoms with E-state index < -0.39 is 0 Å². The number of rotatable bonds is 4. The van der Waals surface area contributed by atoms with Gasteiger partial charge in [-0.1, -0.05) is 6.42 Å². The molecule has 1 aliphatic rings. The molecule has 0 spiro atoms. The standard InChI is InChI=1S/C20H25N5OS/c1-12-11-18-21-13(2)15(14(3)25(18)24-12)9-10-19(26)23-20-22-16-7-5-4-6-8-17(16)27-20/h11H,4-10H2,1-3H3,(H,22,23,26). The molecule has 1 amide bonds. The fourth-order valence-electron chi connectivity index (χ4n) is 3.81.